The molecule has 2 nitrogen and oxygen atoms in total. The predicted octanol–water partition coefficient (Wildman–Crippen LogP) is 4.92. The number of anilines is 1. The molecule has 2 aromatic carbocycles. The third kappa shape index (κ3) is 3.47. The standard InChI is InChI=1S/C15H15BrFNO/c1-2-3-10-4-6-11(7-5-10)19-15-8-12(16)13(17)9-14(15)18/h4-9H,2-3,18H2,1H3. The van der Waals surface area contributed by atoms with E-state index in [1.807, 2.05) is 24.3 Å². The Kier molecular flexibility index (Phi) is 4.43. The first kappa shape index (κ1) is 13.9. The van der Waals surface area contributed by atoms with Crippen LogP contribution in [0.1, 0.15) is 18.9 Å². The van der Waals surface area contributed by atoms with Crippen molar-refractivity contribution >= 4 is 21.6 Å². The molecule has 19 heavy (non-hydrogen) atoms. The van der Waals surface area contributed by atoms with Crippen molar-refractivity contribution in [2.45, 2.75) is 19.8 Å². The number of nitrogen functional groups attached to an aromatic ring is 1. The minimum atomic E-state index is -0.400. The number of halogens is 2. The van der Waals surface area contributed by atoms with Crippen LogP contribution in [0.15, 0.2) is 40.9 Å². The molecule has 0 unspecified atom stereocenters. The van der Waals surface area contributed by atoms with Gasteiger partial charge in [0.2, 0.25) is 0 Å². The lowest BCUT2D eigenvalue weighted by molar-refractivity contribution is 0.482. The van der Waals surface area contributed by atoms with Crippen molar-refractivity contribution in [3.05, 3.63) is 52.3 Å². The van der Waals surface area contributed by atoms with Gasteiger partial charge < -0.3 is 10.5 Å². The van der Waals surface area contributed by atoms with Crippen LogP contribution in [0.3, 0.4) is 0 Å². The smallest absolute Gasteiger partial charge is 0.151 e. The van der Waals surface area contributed by atoms with Crippen LogP contribution in [0.25, 0.3) is 0 Å². The average Bonchev–Trinajstić information content (AvgIpc) is 2.38. The van der Waals surface area contributed by atoms with Gasteiger partial charge in [-0.3, -0.25) is 0 Å². The highest BCUT2D eigenvalue weighted by Gasteiger charge is 2.08. The lowest BCUT2D eigenvalue weighted by Crippen LogP contribution is -1.94. The Morgan fingerprint density at radius 1 is 1.21 bits per heavy atom. The molecule has 0 aliphatic heterocycles. The number of hydrogen-bond acceptors (Lipinski definition) is 2. The average molecular weight is 324 g/mol. The zero-order valence-electron chi connectivity index (χ0n) is 10.6. The van der Waals surface area contributed by atoms with Gasteiger partial charge in [0.1, 0.15) is 11.6 Å². The number of benzene rings is 2. The Bertz CT molecular complexity index is 569. The molecule has 0 spiro atoms. The summed E-state index contributed by atoms with van der Waals surface area (Å²) in [6.45, 7) is 2.14. The lowest BCUT2D eigenvalue weighted by Gasteiger charge is -2.10. The predicted molar refractivity (Wildman–Crippen MR) is 79.0 cm³/mol. The molecule has 0 amide bonds. The van der Waals surface area contributed by atoms with Crippen molar-refractivity contribution in [3.8, 4) is 11.5 Å². The highest BCUT2D eigenvalue weighted by molar-refractivity contribution is 9.10. The molecule has 0 saturated carbocycles. The molecule has 0 radical (unpaired) electrons. The van der Waals surface area contributed by atoms with E-state index >= 15 is 0 Å². The molecule has 0 atom stereocenters. The van der Waals surface area contributed by atoms with Crippen molar-refractivity contribution in [1.82, 2.24) is 0 Å². The molecule has 0 aliphatic rings. The summed E-state index contributed by atoms with van der Waals surface area (Å²) in [5.74, 6) is 0.727. The molecule has 0 aliphatic carbocycles. The van der Waals surface area contributed by atoms with Gasteiger partial charge >= 0.3 is 0 Å². The van der Waals surface area contributed by atoms with Crippen molar-refractivity contribution < 1.29 is 9.13 Å². The molecule has 2 aromatic rings. The summed E-state index contributed by atoms with van der Waals surface area (Å²) in [4.78, 5) is 0. The first-order valence-corrected chi connectivity index (χ1v) is 6.90. The van der Waals surface area contributed by atoms with Gasteiger partial charge in [-0.2, -0.15) is 0 Å². The topological polar surface area (TPSA) is 35.2 Å². The van der Waals surface area contributed by atoms with Crippen molar-refractivity contribution in [3.63, 3.8) is 0 Å². The zero-order valence-corrected chi connectivity index (χ0v) is 12.2. The molecule has 0 saturated heterocycles. The van der Waals surface area contributed by atoms with E-state index in [4.69, 9.17) is 10.5 Å². The molecule has 0 heterocycles. The summed E-state index contributed by atoms with van der Waals surface area (Å²) < 4.78 is 19.2. The maximum atomic E-state index is 13.3. The summed E-state index contributed by atoms with van der Waals surface area (Å²) in [6.07, 6.45) is 2.16. The number of ether oxygens (including phenoxy) is 1. The van der Waals surface area contributed by atoms with E-state index in [-0.39, 0.29) is 5.69 Å². The normalized spacial score (nSPS) is 10.5. The maximum absolute atomic E-state index is 13.3. The summed E-state index contributed by atoms with van der Waals surface area (Å²) >= 11 is 3.12. The lowest BCUT2D eigenvalue weighted by atomic mass is 10.1. The number of nitrogens with two attached hydrogens (primary N) is 1. The Balaban J connectivity index is 2.19. The minimum absolute atomic E-state index is 0.276. The fourth-order valence-electron chi connectivity index (χ4n) is 1.77. The maximum Gasteiger partial charge on any atom is 0.151 e. The summed E-state index contributed by atoms with van der Waals surface area (Å²) in [7, 11) is 0. The van der Waals surface area contributed by atoms with E-state index in [9.17, 15) is 4.39 Å². The second-order valence-corrected chi connectivity index (χ2v) is 5.15. The van der Waals surface area contributed by atoms with Crippen LogP contribution >= 0.6 is 15.9 Å². The molecule has 0 bridgehead atoms. The first-order chi connectivity index (χ1) is 9.10. The van der Waals surface area contributed by atoms with Crippen molar-refractivity contribution in [2.75, 3.05) is 5.73 Å². The van der Waals surface area contributed by atoms with Crippen LogP contribution in [0.5, 0.6) is 11.5 Å². The number of hydrogen-bond donors (Lipinski definition) is 1. The summed E-state index contributed by atoms with van der Waals surface area (Å²) in [5, 5.41) is 0. The van der Waals surface area contributed by atoms with Crippen molar-refractivity contribution in [1.29, 1.82) is 0 Å². The molecule has 4 heteroatoms. The number of aryl methyl sites for hydroxylation is 1. The quantitative estimate of drug-likeness (QED) is 0.811. The molecular weight excluding hydrogens is 309 g/mol. The fraction of sp³-hybridized carbons (Fsp3) is 0.200. The zero-order chi connectivity index (χ0) is 13.8. The van der Waals surface area contributed by atoms with Gasteiger partial charge in [0, 0.05) is 12.1 Å². The highest BCUT2D eigenvalue weighted by Crippen LogP contribution is 2.32. The van der Waals surface area contributed by atoms with Gasteiger partial charge in [-0.1, -0.05) is 25.5 Å². The van der Waals surface area contributed by atoms with E-state index in [2.05, 4.69) is 22.9 Å². The van der Waals surface area contributed by atoms with E-state index in [0.29, 0.717) is 16.0 Å². The second-order valence-electron chi connectivity index (χ2n) is 4.30. The van der Waals surface area contributed by atoms with Crippen LogP contribution in [-0.2, 0) is 6.42 Å². The highest BCUT2D eigenvalue weighted by atomic mass is 79.9. The summed E-state index contributed by atoms with van der Waals surface area (Å²) in [6, 6.07) is 10.6. The third-order valence-electron chi connectivity index (χ3n) is 2.74. The van der Waals surface area contributed by atoms with Crippen LogP contribution < -0.4 is 10.5 Å². The largest absolute Gasteiger partial charge is 0.455 e. The molecule has 0 aromatic heterocycles. The van der Waals surface area contributed by atoms with Gasteiger partial charge in [-0.25, -0.2) is 4.39 Å². The van der Waals surface area contributed by atoms with Crippen LogP contribution in [-0.4, -0.2) is 0 Å². The van der Waals surface area contributed by atoms with Crippen LogP contribution in [0, 0.1) is 5.82 Å². The molecule has 2 N–H and O–H groups in total. The Labute approximate surface area is 120 Å². The molecule has 2 rings (SSSR count). The Morgan fingerprint density at radius 2 is 1.89 bits per heavy atom. The Morgan fingerprint density at radius 3 is 2.53 bits per heavy atom. The Hall–Kier alpha value is -1.55. The summed E-state index contributed by atoms with van der Waals surface area (Å²) in [5.41, 5.74) is 7.27. The van der Waals surface area contributed by atoms with Crippen LogP contribution in [0.4, 0.5) is 10.1 Å². The minimum Gasteiger partial charge on any atom is -0.455 e. The van der Waals surface area contributed by atoms with E-state index in [0.717, 1.165) is 12.8 Å². The van der Waals surface area contributed by atoms with E-state index < -0.39 is 5.82 Å². The van der Waals surface area contributed by atoms with Gasteiger partial charge in [0.05, 0.1) is 10.2 Å². The first-order valence-electron chi connectivity index (χ1n) is 6.11. The second kappa shape index (κ2) is 6.06. The third-order valence-corrected chi connectivity index (χ3v) is 3.35. The van der Waals surface area contributed by atoms with Gasteiger partial charge in [-0.15, -0.1) is 0 Å². The van der Waals surface area contributed by atoms with Gasteiger partial charge in [0.15, 0.2) is 5.75 Å². The molecular formula is C15H15BrFNO. The van der Waals surface area contributed by atoms with Crippen molar-refractivity contribution in [2.24, 2.45) is 0 Å². The monoisotopic (exact) mass is 323 g/mol. The van der Waals surface area contributed by atoms with Crippen LogP contribution in [0.2, 0.25) is 0 Å². The van der Waals surface area contributed by atoms with Gasteiger partial charge in [0.25, 0.3) is 0 Å². The molecule has 0 fully saturated rings. The SMILES string of the molecule is CCCc1ccc(Oc2cc(Br)c(F)cc2N)cc1. The van der Waals surface area contributed by atoms with Gasteiger partial charge in [-0.05, 0) is 40.0 Å². The molecule has 100 valence electrons. The fourth-order valence-corrected chi connectivity index (χ4v) is 2.09. The van der Waals surface area contributed by atoms with E-state index in [1.165, 1.54) is 17.7 Å². The number of rotatable bonds is 4. The van der Waals surface area contributed by atoms with E-state index in [1.54, 1.807) is 0 Å².